The molecule has 2 aromatic heterocycles. The molecule has 0 bridgehead atoms. The van der Waals surface area contributed by atoms with Crippen molar-refractivity contribution in [3.63, 3.8) is 0 Å². The van der Waals surface area contributed by atoms with Gasteiger partial charge in [0.15, 0.2) is 5.69 Å². The topological polar surface area (TPSA) is 83.6 Å². The summed E-state index contributed by atoms with van der Waals surface area (Å²) in [6.07, 6.45) is 4.79. The van der Waals surface area contributed by atoms with E-state index in [1.54, 1.807) is 18.6 Å². The Labute approximate surface area is 108 Å². The Morgan fingerprint density at radius 1 is 1.26 bits per heavy atom. The lowest BCUT2D eigenvalue weighted by molar-refractivity contribution is 0.0947. The zero-order chi connectivity index (χ0) is 13.1. The first kappa shape index (κ1) is 11.3. The molecule has 0 fully saturated rings. The van der Waals surface area contributed by atoms with Crippen molar-refractivity contribution in [3.8, 4) is 0 Å². The van der Waals surface area contributed by atoms with Crippen LogP contribution in [0, 0.1) is 0 Å². The molecule has 2 N–H and O–H groups in total. The summed E-state index contributed by atoms with van der Waals surface area (Å²) >= 11 is 0. The van der Waals surface area contributed by atoms with Crippen LogP contribution in [0.3, 0.4) is 0 Å². The van der Waals surface area contributed by atoms with E-state index >= 15 is 0 Å². The lowest BCUT2D eigenvalue weighted by Gasteiger charge is -2.02. The van der Waals surface area contributed by atoms with Crippen LogP contribution in [0.15, 0.2) is 42.9 Å². The summed E-state index contributed by atoms with van der Waals surface area (Å²) in [7, 11) is 0. The molecular weight excluding hydrogens is 242 g/mol. The number of fused-ring (bicyclic) bond motifs is 1. The van der Waals surface area contributed by atoms with Crippen LogP contribution < -0.4 is 5.32 Å². The molecule has 1 aromatic carbocycles. The Balaban J connectivity index is 1.77. The summed E-state index contributed by atoms with van der Waals surface area (Å²) in [5, 5.41) is 10.4. The fourth-order valence-electron chi connectivity index (χ4n) is 1.81. The number of hydrogen-bond acceptors (Lipinski definition) is 4. The molecule has 2 heterocycles. The van der Waals surface area contributed by atoms with Gasteiger partial charge >= 0.3 is 0 Å². The fraction of sp³-hybridized carbons (Fsp3) is 0.0769. The average molecular weight is 253 g/mol. The van der Waals surface area contributed by atoms with Gasteiger partial charge in [-0.3, -0.25) is 19.9 Å². The third kappa shape index (κ3) is 2.28. The van der Waals surface area contributed by atoms with Crippen molar-refractivity contribution in [2.75, 3.05) is 0 Å². The highest BCUT2D eigenvalue weighted by Gasteiger charge is 2.13. The summed E-state index contributed by atoms with van der Waals surface area (Å²) in [6.45, 7) is 0.327. The molecule has 6 heteroatoms. The third-order valence-electron chi connectivity index (χ3n) is 2.73. The van der Waals surface area contributed by atoms with Gasteiger partial charge in [-0.1, -0.05) is 18.2 Å². The predicted molar refractivity (Wildman–Crippen MR) is 69.3 cm³/mol. The van der Waals surface area contributed by atoms with Crippen molar-refractivity contribution in [2.24, 2.45) is 0 Å². The predicted octanol–water partition coefficient (Wildman–Crippen LogP) is 1.28. The van der Waals surface area contributed by atoms with Gasteiger partial charge in [-0.05, 0) is 6.07 Å². The van der Waals surface area contributed by atoms with E-state index < -0.39 is 0 Å². The van der Waals surface area contributed by atoms with E-state index in [9.17, 15) is 4.79 Å². The maximum Gasteiger partial charge on any atom is 0.272 e. The molecule has 1 amide bonds. The van der Waals surface area contributed by atoms with Crippen molar-refractivity contribution in [2.45, 2.75) is 6.54 Å². The molecule has 0 aliphatic carbocycles. The quantitative estimate of drug-likeness (QED) is 0.736. The highest BCUT2D eigenvalue weighted by molar-refractivity contribution is 6.04. The van der Waals surface area contributed by atoms with Crippen molar-refractivity contribution < 1.29 is 4.79 Å². The van der Waals surface area contributed by atoms with Crippen molar-refractivity contribution in [1.82, 2.24) is 25.5 Å². The van der Waals surface area contributed by atoms with E-state index in [4.69, 9.17) is 0 Å². The van der Waals surface area contributed by atoms with Gasteiger partial charge in [0.1, 0.15) is 0 Å². The molecule has 3 aromatic rings. The highest BCUT2D eigenvalue weighted by atomic mass is 16.1. The summed E-state index contributed by atoms with van der Waals surface area (Å²) in [5.41, 5.74) is 1.93. The molecule has 3 rings (SSSR count). The minimum Gasteiger partial charge on any atom is -0.345 e. The number of amides is 1. The van der Waals surface area contributed by atoms with Gasteiger partial charge in [-0.25, -0.2) is 0 Å². The second kappa shape index (κ2) is 4.85. The normalized spacial score (nSPS) is 10.5. The first-order chi connectivity index (χ1) is 9.34. The van der Waals surface area contributed by atoms with Crippen molar-refractivity contribution in [3.05, 3.63) is 54.2 Å². The smallest absolute Gasteiger partial charge is 0.272 e. The van der Waals surface area contributed by atoms with Gasteiger partial charge in [-0.15, -0.1) is 0 Å². The molecule has 0 unspecified atom stereocenters. The maximum atomic E-state index is 12.1. The zero-order valence-corrected chi connectivity index (χ0v) is 10.00. The highest BCUT2D eigenvalue weighted by Crippen LogP contribution is 2.14. The van der Waals surface area contributed by atoms with Crippen LogP contribution in [-0.4, -0.2) is 26.1 Å². The number of H-pyrrole nitrogens is 1. The number of aromatic amines is 1. The SMILES string of the molecule is O=C(NCc1cnccn1)c1n[nH]c2ccccc12. The van der Waals surface area contributed by atoms with E-state index in [-0.39, 0.29) is 5.91 Å². The largest absolute Gasteiger partial charge is 0.345 e. The number of benzene rings is 1. The molecule has 19 heavy (non-hydrogen) atoms. The lowest BCUT2D eigenvalue weighted by atomic mass is 10.2. The number of aromatic nitrogens is 4. The van der Waals surface area contributed by atoms with Crippen LogP contribution in [0.25, 0.3) is 10.9 Å². The average Bonchev–Trinajstić information content (AvgIpc) is 2.90. The molecule has 0 aliphatic rings. The Morgan fingerprint density at radius 2 is 2.16 bits per heavy atom. The first-order valence-corrected chi connectivity index (χ1v) is 5.81. The van der Waals surface area contributed by atoms with Gasteiger partial charge in [0, 0.05) is 17.8 Å². The molecule has 0 spiro atoms. The number of carbonyl (C=O) groups excluding carboxylic acids is 1. The standard InChI is InChI=1S/C13H11N5O/c19-13(16-8-9-7-14-5-6-15-9)12-10-3-1-2-4-11(10)17-18-12/h1-7H,8H2,(H,16,19)(H,17,18). The Bertz CT molecular complexity index is 707. The Kier molecular flexibility index (Phi) is 2.89. The van der Waals surface area contributed by atoms with E-state index in [1.165, 1.54) is 0 Å². The van der Waals surface area contributed by atoms with Gasteiger partial charge in [-0.2, -0.15) is 5.10 Å². The van der Waals surface area contributed by atoms with E-state index in [0.717, 1.165) is 10.9 Å². The number of carbonyl (C=O) groups is 1. The summed E-state index contributed by atoms with van der Waals surface area (Å²) < 4.78 is 0. The van der Waals surface area contributed by atoms with Crippen LogP contribution >= 0.6 is 0 Å². The lowest BCUT2D eigenvalue weighted by Crippen LogP contribution is -2.23. The van der Waals surface area contributed by atoms with E-state index in [2.05, 4.69) is 25.5 Å². The van der Waals surface area contributed by atoms with Crippen LogP contribution in [0.1, 0.15) is 16.2 Å². The monoisotopic (exact) mass is 253 g/mol. The number of hydrogen-bond donors (Lipinski definition) is 2. The summed E-state index contributed by atoms with van der Waals surface area (Å²) in [5.74, 6) is -0.233. The molecule has 0 atom stereocenters. The number of rotatable bonds is 3. The Hall–Kier alpha value is -2.76. The molecule has 94 valence electrons. The molecular formula is C13H11N5O. The van der Waals surface area contributed by atoms with Gasteiger partial charge in [0.25, 0.3) is 5.91 Å². The number of nitrogens with one attached hydrogen (secondary N) is 2. The summed E-state index contributed by atoms with van der Waals surface area (Å²) in [4.78, 5) is 20.1. The van der Waals surface area contributed by atoms with Crippen molar-refractivity contribution >= 4 is 16.8 Å². The number of para-hydroxylation sites is 1. The van der Waals surface area contributed by atoms with Gasteiger partial charge in [0.2, 0.25) is 0 Å². The van der Waals surface area contributed by atoms with Crippen LogP contribution in [0.4, 0.5) is 0 Å². The second-order valence-corrected chi connectivity index (χ2v) is 4.00. The van der Waals surface area contributed by atoms with E-state index in [0.29, 0.717) is 17.9 Å². The zero-order valence-electron chi connectivity index (χ0n) is 10.00. The van der Waals surface area contributed by atoms with Crippen LogP contribution in [0.5, 0.6) is 0 Å². The third-order valence-corrected chi connectivity index (χ3v) is 2.73. The fourth-order valence-corrected chi connectivity index (χ4v) is 1.81. The molecule has 0 saturated carbocycles. The van der Waals surface area contributed by atoms with E-state index in [1.807, 2.05) is 24.3 Å². The van der Waals surface area contributed by atoms with Gasteiger partial charge in [0.05, 0.1) is 24.0 Å². The molecule has 0 radical (unpaired) electrons. The van der Waals surface area contributed by atoms with Gasteiger partial charge < -0.3 is 5.32 Å². The van der Waals surface area contributed by atoms with Crippen LogP contribution in [0.2, 0.25) is 0 Å². The second-order valence-electron chi connectivity index (χ2n) is 4.00. The molecule has 0 saturated heterocycles. The summed E-state index contributed by atoms with van der Waals surface area (Å²) in [6, 6.07) is 7.50. The van der Waals surface area contributed by atoms with Crippen LogP contribution in [-0.2, 0) is 6.54 Å². The Morgan fingerprint density at radius 3 is 3.00 bits per heavy atom. The minimum atomic E-state index is -0.233. The maximum absolute atomic E-state index is 12.1. The first-order valence-electron chi connectivity index (χ1n) is 5.81. The molecule has 0 aliphatic heterocycles. The van der Waals surface area contributed by atoms with Crippen molar-refractivity contribution in [1.29, 1.82) is 0 Å². The number of nitrogens with zero attached hydrogens (tertiary/aromatic N) is 3. The molecule has 6 nitrogen and oxygen atoms in total. The minimum absolute atomic E-state index is 0.233.